The molecule has 1 amide bonds. The van der Waals surface area contributed by atoms with E-state index in [0.717, 1.165) is 4.47 Å². The lowest BCUT2D eigenvalue weighted by Crippen LogP contribution is -2.13. The molecular weight excluding hydrogens is 298 g/mol. The Bertz CT molecular complexity index is 566. The summed E-state index contributed by atoms with van der Waals surface area (Å²) in [5, 5.41) is 2.72. The van der Waals surface area contributed by atoms with Gasteiger partial charge in [0, 0.05) is 10.2 Å². The summed E-state index contributed by atoms with van der Waals surface area (Å²) in [6.07, 6.45) is 1.30. The molecule has 0 bridgehead atoms. The van der Waals surface area contributed by atoms with E-state index in [9.17, 15) is 4.79 Å². The average molecular weight is 310 g/mol. The Kier molecular flexibility index (Phi) is 3.78. The molecular formula is C12H12BrN3O2. The highest BCUT2D eigenvalue weighted by atomic mass is 79.9. The quantitative estimate of drug-likeness (QED) is 0.913. The van der Waals surface area contributed by atoms with E-state index in [-0.39, 0.29) is 17.6 Å². The van der Waals surface area contributed by atoms with Gasteiger partial charge >= 0.3 is 0 Å². The summed E-state index contributed by atoms with van der Waals surface area (Å²) < 4.78 is 5.99. The number of amides is 1. The van der Waals surface area contributed by atoms with Crippen LogP contribution < -0.4 is 11.1 Å². The van der Waals surface area contributed by atoms with Crippen LogP contribution in [0.3, 0.4) is 0 Å². The number of carbonyl (C=O) groups is 1. The molecule has 1 aromatic heterocycles. The highest BCUT2D eigenvalue weighted by Gasteiger charge is 2.14. The van der Waals surface area contributed by atoms with E-state index in [1.807, 2.05) is 12.1 Å². The van der Waals surface area contributed by atoms with Crippen LogP contribution in [0.15, 0.2) is 39.4 Å². The molecule has 5 nitrogen and oxygen atoms in total. The van der Waals surface area contributed by atoms with Crippen LogP contribution in [0.1, 0.15) is 29.3 Å². The van der Waals surface area contributed by atoms with Crippen LogP contribution in [0.25, 0.3) is 0 Å². The van der Waals surface area contributed by atoms with E-state index in [1.54, 1.807) is 19.1 Å². The molecule has 94 valence electrons. The average Bonchev–Trinajstić information content (AvgIpc) is 2.78. The topological polar surface area (TPSA) is 81.1 Å². The van der Waals surface area contributed by atoms with Crippen LogP contribution in [0.5, 0.6) is 0 Å². The molecule has 2 aromatic rings. The molecule has 2 rings (SSSR count). The summed E-state index contributed by atoms with van der Waals surface area (Å²) in [6, 6.07) is 6.95. The van der Waals surface area contributed by atoms with E-state index in [4.69, 9.17) is 10.2 Å². The number of nitrogens with two attached hydrogens (primary N) is 1. The van der Waals surface area contributed by atoms with Gasteiger partial charge in [0.05, 0.1) is 6.04 Å². The first-order valence-corrected chi connectivity index (χ1v) is 6.13. The standard InChI is InChI=1S/C12H12BrN3O2/c1-7(14)12-16-10(6-18-12)11(17)15-9-4-2-3-8(13)5-9/h2-7H,14H2,1H3,(H,15,17). The minimum atomic E-state index is -0.336. The first-order valence-electron chi connectivity index (χ1n) is 5.34. The van der Waals surface area contributed by atoms with Gasteiger partial charge in [-0.3, -0.25) is 4.79 Å². The van der Waals surface area contributed by atoms with Gasteiger partial charge in [0.1, 0.15) is 6.26 Å². The van der Waals surface area contributed by atoms with Crippen molar-refractivity contribution in [1.29, 1.82) is 0 Å². The summed E-state index contributed by atoms with van der Waals surface area (Å²) in [5.74, 6) is 0.0122. The number of aromatic nitrogens is 1. The largest absolute Gasteiger partial charge is 0.446 e. The molecule has 0 saturated carbocycles. The van der Waals surface area contributed by atoms with Crippen LogP contribution in [0.2, 0.25) is 0 Å². The fraction of sp³-hybridized carbons (Fsp3) is 0.167. The molecule has 1 aromatic carbocycles. The number of nitrogens with one attached hydrogen (secondary N) is 1. The van der Waals surface area contributed by atoms with E-state index in [2.05, 4.69) is 26.2 Å². The molecule has 0 fully saturated rings. The van der Waals surface area contributed by atoms with Crippen molar-refractivity contribution < 1.29 is 9.21 Å². The highest BCUT2D eigenvalue weighted by Crippen LogP contribution is 2.17. The van der Waals surface area contributed by atoms with Gasteiger partial charge in [-0.1, -0.05) is 22.0 Å². The fourth-order valence-electron chi connectivity index (χ4n) is 1.36. The maximum absolute atomic E-state index is 11.9. The zero-order valence-electron chi connectivity index (χ0n) is 9.68. The molecule has 0 aliphatic heterocycles. The Balaban J connectivity index is 2.12. The van der Waals surface area contributed by atoms with Crippen molar-refractivity contribution in [3.05, 3.63) is 46.6 Å². The minimum absolute atomic E-state index is 0.210. The van der Waals surface area contributed by atoms with E-state index >= 15 is 0 Å². The zero-order chi connectivity index (χ0) is 13.1. The Morgan fingerprint density at radius 2 is 2.33 bits per heavy atom. The number of carbonyl (C=O) groups excluding carboxylic acids is 1. The number of rotatable bonds is 3. The number of hydrogen-bond donors (Lipinski definition) is 2. The van der Waals surface area contributed by atoms with Crippen LogP contribution in [0, 0.1) is 0 Å². The lowest BCUT2D eigenvalue weighted by molar-refractivity contribution is 0.102. The van der Waals surface area contributed by atoms with Crippen LogP contribution in [-0.2, 0) is 0 Å². The maximum Gasteiger partial charge on any atom is 0.277 e. The second-order valence-corrected chi connectivity index (χ2v) is 4.74. The Hall–Kier alpha value is -1.66. The summed E-state index contributed by atoms with van der Waals surface area (Å²) in [6.45, 7) is 1.74. The minimum Gasteiger partial charge on any atom is -0.446 e. The third-order valence-corrected chi connectivity index (χ3v) is 2.72. The molecule has 0 aliphatic carbocycles. The van der Waals surface area contributed by atoms with Gasteiger partial charge in [0.25, 0.3) is 5.91 Å². The maximum atomic E-state index is 11.9. The van der Waals surface area contributed by atoms with Gasteiger partial charge < -0.3 is 15.5 Å². The fourth-order valence-corrected chi connectivity index (χ4v) is 1.76. The van der Waals surface area contributed by atoms with Gasteiger partial charge in [-0.25, -0.2) is 4.98 Å². The van der Waals surface area contributed by atoms with Gasteiger partial charge in [0.15, 0.2) is 5.69 Å². The summed E-state index contributed by atoms with van der Waals surface area (Å²) in [5.41, 5.74) is 6.50. The van der Waals surface area contributed by atoms with Crippen molar-refractivity contribution in [2.45, 2.75) is 13.0 Å². The SMILES string of the molecule is CC(N)c1nc(C(=O)Nc2cccc(Br)c2)co1. The lowest BCUT2D eigenvalue weighted by Gasteiger charge is -2.02. The molecule has 1 heterocycles. The summed E-state index contributed by atoms with van der Waals surface area (Å²) >= 11 is 3.33. The zero-order valence-corrected chi connectivity index (χ0v) is 11.3. The van der Waals surface area contributed by atoms with Crippen molar-refractivity contribution in [2.75, 3.05) is 5.32 Å². The Labute approximate surface area is 113 Å². The molecule has 18 heavy (non-hydrogen) atoms. The predicted octanol–water partition coefficient (Wildman–Crippen LogP) is 2.71. The van der Waals surface area contributed by atoms with E-state index in [1.165, 1.54) is 6.26 Å². The lowest BCUT2D eigenvalue weighted by atomic mass is 10.3. The number of hydrogen-bond acceptors (Lipinski definition) is 4. The monoisotopic (exact) mass is 309 g/mol. The third-order valence-electron chi connectivity index (χ3n) is 2.23. The van der Waals surface area contributed by atoms with Crippen molar-refractivity contribution in [2.24, 2.45) is 5.73 Å². The molecule has 0 spiro atoms. The van der Waals surface area contributed by atoms with Gasteiger partial charge in [-0.15, -0.1) is 0 Å². The van der Waals surface area contributed by atoms with E-state index < -0.39 is 0 Å². The van der Waals surface area contributed by atoms with Crippen molar-refractivity contribution in [3.8, 4) is 0 Å². The second kappa shape index (κ2) is 5.32. The van der Waals surface area contributed by atoms with Gasteiger partial charge in [0.2, 0.25) is 5.89 Å². The molecule has 6 heteroatoms. The third kappa shape index (κ3) is 2.96. The Morgan fingerprint density at radius 3 is 2.94 bits per heavy atom. The molecule has 1 unspecified atom stereocenters. The first kappa shape index (κ1) is 12.8. The summed E-state index contributed by atoms with van der Waals surface area (Å²) in [7, 11) is 0. The smallest absolute Gasteiger partial charge is 0.277 e. The first-order chi connectivity index (χ1) is 8.56. The second-order valence-electron chi connectivity index (χ2n) is 3.82. The number of benzene rings is 1. The number of oxazole rings is 1. The summed E-state index contributed by atoms with van der Waals surface area (Å²) in [4.78, 5) is 15.9. The molecule has 0 radical (unpaired) electrons. The van der Waals surface area contributed by atoms with Crippen molar-refractivity contribution in [1.82, 2.24) is 4.98 Å². The predicted molar refractivity (Wildman–Crippen MR) is 71.2 cm³/mol. The molecule has 0 saturated heterocycles. The van der Waals surface area contributed by atoms with E-state index in [0.29, 0.717) is 11.6 Å². The van der Waals surface area contributed by atoms with Crippen molar-refractivity contribution >= 4 is 27.5 Å². The molecule has 0 aliphatic rings. The van der Waals surface area contributed by atoms with Crippen LogP contribution in [-0.4, -0.2) is 10.9 Å². The van der Waals surface area contributed by atoms with Gasteiger partial charge in [-0.05, 0) is 25.1 Å². The van der Waals surface area contributed by atoms with Gasteiger partial charge in [-0.2, -0.15) is 0 Å². The number of halogens is 1. The van der Waals surface area contributed by atoms with Crippen molar-refractivity contribution in [3.63, 3.8) is 0 Å². The number of anilines is 1. The highest BCUT2D eigenvalue weighted by molar-refractivity contribution is 9.10. The Morgan fingerprint density at radius 1 is 1.56 bits per heavy atom. The molecule has 3 N–H and O–H groups in total. The normalized spacial score (nSPS) is 12.2. The van der Waals surface area contributed by atoms with Crippen LogP contribution >= 0.6 is 15.9 Å². The molecule has 1 atom stereocenters. The number of nitrogens with zero attached hydrogens (tertiary/aromatic N) is 1. The van der Waals surface area contributed by atoms with Crippen LogP contribution in [0.4, 0.5) is 5.69 Å².